The molecular formula is C12H13N2O4+. The second kappa shape index (κ2) is 4.48. The van der Waals surface area contributed by atoms with Crippen LogP contribution < -0.4 is 14.0 Å². The smallest absolute Gasteiger partial charge is 0.344 e. The van der Waals surface area contributed by atoms with Gasteiger partial charge in [0.2, 0.25) is 0 Å². The monoisotopic (exact) mass is 249 g/mol. The number of hydrogen-bond acceptors (Lipinski definition) is 4. The zero-order valence-corrected chi connectivity index (χ0v) is 10.3. The lowest BCUT2D eigenvalue weighted by molar-refractivity contribution is -0.646. The summed E-state index contributed by atoms with van der Waals surface area (Å²) in [5, 5.41) is 11.8. The highest BCUT2D eigenvalue weighted by Gasteiger charge is 2.26. The number of nitrogens with zero attached hydrogens (tertiary/aromatic N) is 2. The lowest BCUT2D eigenvalue weighted by Crippen LogP contribution is -2.28. The van der Waals surface area contributed by atoms with Crippen molar-refractivity contribution in [1.82, 2.24) is 0 Å². The van der Waals surface area contributed by atoms with E-state index in [9.17, 15) is 10.1 Å². The van der Waals surface area contributed by atoms with Crippen LogP contribution in [0.5, 0.6) is 11.5 Å². The van der Waals surface area contributed by atoms with Crippen LogP contribution in [-0.4, -0.2) is 19.1 Å². The summed E-state index contributed by atoms with van der Waals surface area (Å²) in [7, 11) is 4.72. The van der Waals surface area contributed by atoms with E-state index in [1.807, 2.05) is 0 Å². The molecule has 1 heterocycles. The van der Waals surface area contributed by atoms with Gasteiger partial charge in [-0.05, 0) is 6.07 Å². The van der Waals surface area contributed by atoms with Crippen molar-refractivity contribution in [2.24, 2.45) is 7.05 Å². The Kier molecular flexibility index (Phi) is 3.01. The number of rotatable bonds is 3. The molecule has 0 aliphatic heterocycles. The first-order valence-corrected chi connectivity index (χ1v) is 5.28. The van der Waals surface area contributed by atoms with Crippen LogP contribution in [0.15, 0.2) is 24.4 Å². The number of aromatic nitrogens is 1. The van der Waals surface area contributed by atoms with Gasteiger partial charge in [-0.3, -0.25) is 10.1 Å². The highest BCUT2D eigenvalue weighted by Crippen LogP contribution is 2.39. The summed E-state index contributed by atoms with van der Waals surface area (Å²) in [5.74, 6) is 0.845. The van der Waals surface area contributed by atoms with Crippen LogP contribution in [0.2, 0.25) is 0 Å². The van der Waals surface area contributed by atoms with Crippen LogP contribution in [0.1, 0.15) is 0 Å². The maximum Gasteiger partial charge on any atom is 0.344 e. The fraction of sp³-hybridized carbons (Fsp3) is 0.250. The van der Waals surface area contributed by atoms with Gasteiger partial charge in [0, 0.05) is 6.07 Å². The summed E-state index contributed by atoms with van der Waals surface area (Å²) in [6, 6.07) is 4.94. The van der Waals surface area contributed by atoms with Crippen LogP contribution in [0.25, 0.3) is 10.9 Å². The van der Waals surface area contributed by atoms with Crippen LogP contribution >= 0.6 is 0 Å². The Morgan fingerprint density at radius 1 is 1.33 bits per heavy atom. The largest absolute Gasteiger partial charge is 0.493 e. The quantitative estimate of drug-likeness (QED) is 0.470. The predicted octanol–water partition coefficient (Wildman–Crippen LogP) is 1.59. The summed E-state index contributed by atoms with van der Waals surface area (Å²) in [6.07, 6.45) is 1.75. The topological polar surface area (TPSA) is 65.5 Å². The number of pyridine rings is 1. The average Bonchev–Trinajstić information content (AvgIpc) is 2.36. The number of non-ortho nitro benzene ring substituents is 1. The number of nitro groups is 1. The number of nitro benzene ring substituents is 1. The van der Waals surface area contributed by atoms with E-state index in [-0.39, 0.29) is 5.69 Å². The van der Waals surface area contributed by atoms with Crippen molar-refractivity contribution < 1.29 is 19.0 Å². The van der Waals surface area contributed by atoms with Crippen molar-refractivity contribution in [3.05, 3.63) is 34.5 Å². The summed E-state index contributed by atoms with van der Waals surface area (Å²) in [6.45, 7) is 0. The van der Waals surface area contributed by atoms with E-state index >= 15 is 0 Å². The molecule has 0 amide bonds. The average molecular weight is 249 g/mol. The molecule has 1 aromatic heterocycles. The van der Waals surface area contributed by atoms with E-state index < -0.39 is 4.92 Å². The third kappa shape index (κ3) is 1.71. The van der Waals surface area contributed by atoms with Gasteiger partial charge < -0.3 is 9.47 Å². The molecule has 1 aromatic carbocycles. The van der Waals surface area contributed by atoms with Crippen molar-refractivity contribution in [2.45, 2.75) is 0 Å². The van der Waals surface area contributed by atoms with Gasteiger partial charge in [-0.1, -0.05) is 0 Å². The number of aryl methyl sites for hydroxylation is 1. The van der Waals surface area contributed by atoms with Crippen molar-refractivity contribution in [3.8, 4) is 11.5 Å². The van der Waals surface area contributed by atoms with Crippen molar-refractivity contribution in [3.63, 3.8) is 0 Å². The lowest BCUT2D eigenvalue weighted by atomic mass is 10.1. The summed E-state index contributed by atoms with van der Waals surface area (Å²) < 4.78 is 12.1. The van der Waals surface area contributed by atoms with Crippen LogP contribution in [0.4, 0.5) is 5.69 Å². The van der Waals surface area contributed by atoms with Crippen LogP contribution in [0, 0.1) is 10.1 Å². The second-order valence-electron chi connectivity index (χ2n) is 3.77. The Morgan fingerprint density at radius 2 is 2.06 bits per heavy atom. The first kappa shape index (κ1) is 12.1. The number of methoxy groups -OCH3 is 2. The molecule has 0 N–H and O–H groups in total. The third-order valence-corrected chi connectivity index (χ3v) is 2.78. The molecule has 2 aromatic rings. The van der Waals surface area contributed by atoms with Crippen molar-refractivity contribution in [1.29, 1.82) is 0 Å². The van der Waals surface area contributed by atoms with Gasteiger partial charge in [-0.15, -0.1) is 0 Å². The van der Waals surface area contributed by atoms with Gasteiger partial charge in [0.15, 0.2) is 17.7 Å². The minimum atomic E-state index is -0.426. The van der Waals surface area contributed by atoms with Crippen LogP contribution in [0.3, 0.4) is 0 Å². The fourth-order valence-electron chi connectivity index (χ4n) is 2.01. The highest BCUT2D eigenvalue weighted by molar-refractivity contribution is 5.92. The molecule has 0 saturated heterocycles. The van der Waals surface area contributed by atoms with Gasteiger partial charge in [-0.25, -0.2) is 0 Å². The lowest BCUT2D eigenvalue weighted by Gasteiger charge is -2.09. The molecule has 0 spiro atoms. The second-order valence-corrected chi connectivity index (χ2v) is 3.77. The van der Waals surface area contributed by atoms with Gasteiger partial charge in [-0.2, -0.15) is 4.57 Å². The molecule has 0 saturated carbocycles. The zero-order valence-electron chi connectivity index (χ0n) is 10.3. The molecule has 0 bridgehead atoms. The molecule has 0 radical (unpaired) electrons. The summed E-state index contributed by atoms with van der Waals surface area (Å²) in [4.78, 5) is 10.7. The van der Waals surface area contributed by atoms with E-state index in [4.69, 9.17) is 9.47 Å². The van der Waals surface area contributed by atoms with E-state index in [0.29, 0.717) is 22.4 Å². The minimum Gasteiger partial charge on any atom is -0.493 e. The first-order valence-electron chi connectivity index (χ1n) is 5.28. The molecule has 0 fully saturated rings. The minimum absolute atomic E-state index is 0.00856. The fourth-order valence-corrected chi connectivity index (χ4v) is 2.01. The Hall–Kier alpha value is -2.37. The first-order chi connectivity index (χ1) is 8.60. The molecule has 18 heavy (non-hydrogen) atoms. The molecule has 6 heteroatoms. The predicted molar refractivity (Wildman–Crippen MR) is 64.9 cm³/mol. The van der Waals surface area contributed by atoms with Gasteiger partial charge in [0.25, 0.3) is 5.52 Å². The number of hydrogen-bond donors (Lipinski definition) is 0. The molecule has 6 nitrogen and oxygen atoms in total. The number of ether oxygens (including phenoxy) is 2. The highest BCUT2D eigenvalue weighted by atomic mass is 16.6. The molecule has 0 aliphatic carbocycles. The molecule has 0 unspecified atom stereocenters. The standard InChI is InChI=1S/C12H13N2O4/c1-13-6-4-5-8-11(13)9(14(15)16)7-10(17-2)12(8)18-3/h4-7H,1-3H3/q+1. The zero-order chi connectivity index (χ0) is 13.3. The Bertz CT molecular complexity index is 625. The molecule has 2 rings (SSSR count). The van der Waals surface area contributed by atoms with Crippen molar-refractivity contribution >= 4 is 16.6 Å². The number of benzene rings is 1. The maximum atomic E-state index is 11.1. The summed E-state index contributed by atoms with van der Waals surface area (Å²) >= 11 is 0. The maximum absolute atomic E-state index is 11.1. The van der Waals surface area contributed by atoms with Crippen LogP contribution in [-0.2, 0) is 7.05 Å². The Balaban J connectivity index is 2.97. The van der Waals surface area contributed by atoms with E-state index in [1.54, 1.807) is 29.9 Å². The van der Waals surface area contributed by atoms with E-state index in [0.717, 1.165) is 0 Å². The third-order valence-electron chi connectivity index (χ3n) is 2.78. The summed E-state index contributed by atoms with van der Waals surface area (Å²) in [5.41, 5.74) is 0.492. The van der Waals surface area contributed by atoms with Gasteiger partial charge in [0.1, 0.15) is 7.05 Å². The molecule has 94 valence electrons. The van der Waals surface area contributed by atoms with Crippen molar-refractivity contribution in [2.75, 3.05) is 14.2 Å². The normalized spacial score (nSPS) is 10.4. The Labute approximate surface area is 104 Å². The molecule has 0 aliphatic rings. The van der Waals surface area contributed by atoms with E-state index in [1.165, 1.54) is 20.3 Å². The molecule has 0 atom stereocenters. The number of fused-ring (bicyclic) bond motifs is 1. The molecular weight excluding hydrogens is 236 g/mol. The van der Waals surface area contributed by atoms with Gasteiger partial charge >= 0.3 is 5.69 Å². The van der Waals surface area contributed by atoms with E-state index in [2.05, 4.69) is 0 Å². The SMILES string of the molecule is COc1cc([N+](=O)[O-])c2c(ccc[n+]2C)c1OC. The Morgan fingerprint density at radius 3 is 2.61 bits per heavy atom. The van der Waals surface area contributed by atoms with Gasteiger partial charge in [0.05, 0.1) is 30.6 Å².